The Hall–Kier alpha value is -9.00. The Bertz CT molecular complexity index is 3770. The van der Waals surface area contributed by atoms with E-state index in [9.17, 15) is 0 Å². The lowest BCUT2D eigenvalue weighted by molar-refractivity contribution is 0.950. The zero-order chi connectivity index (χ0) is 45.0. The smallest absolute Gasteiger partial charge is 0.179 e. The SMILES string of the molecule is C1=Cc2c(c3ccc4c5ccccc5n(-c5cccc(-c6cc(-c7ccccc7)cc(-c7ccccc7)c6)n5)c4c3n2-c2cccc(-c3nc(-c4ccccc4)cc(-c4ccccc4)n3)n2)CC1. The fourth-order valence-corrected chi connectivity index (χ4v) is 10.1. The molecule has 13 rings (SSSR count). The van der Waals surface area contributed by atoms with Crippen molar-refractivity contribution in [3.8, 4) is 79.2 Å². The molecule has 0 spiro atoms. The summed E-state index contributed by atoms with van der Waals surface area (Å²) in [4.78, 5) is 21.4. The maximum atomic E-state index is 5.57. The van der Waals surface area contributed by atoms with Crippen molar-refractivity contribution in [1.29, 1.82) is 0 Å². The molecular formula is C62H42N6. The summed E-state index contributed by atoms with van der Waals surface area (Å²) in [5.74, 6) is 2.21. The van der Waals surface area contributed by atoms with Crippen molar-refractivity contribution in [2.24, 2.45) is 0 Å². The van der Waals surface area contributed by atoms with E-state index in [1.54, 1.807) is 0 Å². The lowest BCUT2D eigenvalue weighted by Gasteiger charge is -2.15. The second kappa shape index (κ2) is 16.5. The number of fused-ring (bicyclic) bond motifs is 7. The Labute approximate surface area is 393 Å². The van der Waals surface area contributed by atoms with Crippen molar-refractivity contribution in [2.75, 3.05) is 0 Å². The third-order valence-electron chi connectivity index (χ3n) is 13.2. The molecular weight excluding hydrogens is 829 g/mol. The van der Waals surface area contributed by atoms with E-state index in [0.717, 1.165) is 114 Å². The molecule has 0 saturated carbocycles. The highest BCUT2D eigenvalue weighted by atomic mass is 15.1. The molecule has 0 fully saturated rings. The van der Waals surface area contributed by atoms with Gasteiger partial charge in [0.1, 0.15) is 17.3 Å². The molecule has 0 atom stereocenters. The van der Waals surface area contributed by atoms with Crippen LogP contribution in [0.3, 0.4) is 0 Å². The minimum atomic E-state index is 0.569. The van der Waals surface area contributed by atoms with Crippen molar-refractivity contribution in [2.45, 2.75) is 12.8 Å². The number of allylic oxidation sites excluding steroid dienone is 1. The summed E-state index contributed by atoms with van der Waals surface area (Å²) in [5, 5.41) is 3.53. The van der Waals surface area contributed by atoms with E-state index in [2.05, 4.69) is 197 Å². The number of aryl methyl sites for hydroxylation is 1. The molecule has 320 valence electrons. The maximum Gasteiger partial charge on any atom is 0.179 e. The number of para-hydroxylation sites is 1. The molecule has 0 bridgehead atoms. The normalized spacial score (nSPS) is 12.2. The van der Waals surface area contributed by atoms with E-state index in [1.165, 1.54) is 10.9 Å². The molecule has 0 N–H and O–H groups in total. The van der Waals surface area contributed by atoms with Crippen molar-refractivity contribution in [3.63, 3.8) is 0 Å². The van der Waals surface area contributed by atoms with Gasteiger partial charge in [0.25, 0.3) is 0 Å². The van der Waals surface area contributed by atoms with E-state index in [1.807, 2.05) is 42.5 Å². The van der Waals surface area contributed by atoms with E-state index < -0.39 is 0 Å². The predicted molar refractivity (Wildman–Crippen MR) is 279 cm³/mol. The van der Waals surface area contributed by atoms with Gasteiger partial charge in [0.15, 0.2) is 5.82 Å². The van der Waals surface area contributed by atoms with Gasteiger partial charge >= 0.3 is 0 Å². The summed E-state index contributed by atoms with van der Waals surface area (Å²) in [6.07, 6.45) is 6.46. The van der Waals surface area contributed by atoms with Crippen LogP contribution in [0.1, 0.15) is 17.7 Å². The van der Waals surface area contributed by atoms with Crippen LogP contribution in [0.15, 0.2) is 224 Å². The molecule has 5 heterocycles. The van der Waals surface area contributed by atoms with Crippen LogP contribution >= 0.6 is 0 Å². The average Bonchev–Trinajstić information content (AvgIpc) is 3.95. The van der Waals surface area contributed by atoms with Gasteiger partial charge in [-0.05, 0) is 101 Å². The van der Waals surface area contributed by atoms with E-state index >= 15 is 0 Å². The van der Waals surface area contributed by atoms with Crippen LogP contribution in [0.5, 0.6) is 0 Å². The van der Waals surface area contributed by atoms with Gasteiger partial charge in [-0.1, -0.05) is 170 Å². The highest BCUT2D eigenvalue weighted by Crippen LogP contribution is 2.43. The van der Waals surface area contributed by atoms with Gasteiger partial charge in [0, 0.05) is 32.8 Å². The molecule has 68 heavy (non-hydrogen) atoms. The molecule has 5 aromatic heterocycles. The van der Waals surface area contributed by atoms with Gasteiger partial charge in [0.2, 0.25) is 0 Å². The Morgan fingerprint density at radius 1 is 0.338 bits per heavy atom. The lowest BCUT2D eigenvalue weighted by Crippen LogP contribution is -2.05. The second-order valence-electron chi connectivity index (χ2n) is 17.3. The zero-order valence-corrected chi connectivity index (χ0v) is 37.0. The summed E-state index contributed by atoms with van der Waals surface area (Å²) in [5.41, 5.74) is 16.7. The zero-order valence-electron chi connectivity index (χ0n) is 37.0. The monoisotopic (exact) mass is 870 g/mol. The summed E-state index contributed by atoms with van der Waals surface area (Å²) >= 11 is 0. The summed E-state index contributed by atoms with van der Waals surface area (Å²) in [7, 11) is 0. The highest BCUT2D eigenvalue weighted by Gasteiger charge is 2.26. The second-order valence-corrected chi connectivity index (χ2v) is 17.3. The first-order valence-electron chi connectivity index (χ1n) is 23.2. The number of hydrogen-bond acceptors (Lipinski definition) is 4. The van der Waals surface area contributed by atoms with Crippen LogP contribution in [0.2, 0.25) is 0 Å². The summed E-state index contributed by atoms with van der Waals surface area (Å²) in [6.45, 7) is 0. The molecule has 6 nitrogen and oxygen atoms in total. The van der Waals surface area contributed by atoms with Gasteiger partial charge in [-0.2, -0.15) is 0 Å². The van der Waals surface area contributed by atoms with Crippen LogP contribution in [0.4, 0.5) is 0 Å². The van der Waals surface area contributed by atoms with Gasteiger partial charge in [-0.3, -0.25) is 9.13 Å². The number of hydrogen-bond donors (Lipinski definition) is 0. The molecule has 0 aliphatic heterocycles. The Kier molecular flexibility index (Phi) is 9.53. The van der Waals surface area contributed by atoms with Gasteiger partial charge in [-0.25, -0.2) is 19.9 Å². The van der Waals surface area contributed by atoms with Crippen LogP contribution < -0.4 is 0 Å². The summed E-state index contributed by atoms with van der Waals surface area (Å²) < 4.78 is 4.73. The highest BCUT2D eigenvalue weighted by molar-refractivity contribution is 6.19. The van der Waals surface area contributed by atoms with Crippen LogP contribution in [0, 0.1) is 0 Å². The van der Waals surface area contributed by atoms with Crippen molar-refractivity contribution in [1.82, 2.24) is 29.1 Å². The van der Waals surface area contributed by atoms with Crippen molar-refractivity contribution < 1.29 is 0 Å². The molecule has 0 unspecified atom stereocenters. The van der Waals surface area contributed by atoms with Crippen LogP contribution in [0.25, 0.3) is 118 Å². The largest absolute Gasteiger partial charge is 0.292 e. The number of nitrogens with zero attached hydrogens (tertiary/aromatic N) is 6. The molecule has 0 saturated heterocycles. The average molecular weight is 871 g/mol. The van der Waals surface area contributed by atoms with Crippen LogP contribution in [-0.4, -0.2) is 29.1 Å². The number of benzene rings is 7. The molecule has 6 heteroatoms. The maximum absolute atomic E-state index is 5.57. The first kappa shape index (κ1) is 39.4. The number of rotatable bonds is 8. The third-order valence-corrected chi connectivity index (χ3v) is 13.2. The van der Waals surface area contributed by atoms with E-state index in [4.69, 9.17) is 19.9 Å². The van der Waals surface area contributed by atoms with E-state index in [0.29, 0.717) is 11.5 Å². The quantitative estimate of drug-likeness (QED) is 0.153. The third kappa shape index (κ3) is 6.81. The molecule has 1 aliphatic carbocycles. The molecule has 0 amide bonds. The topological polar surface area (TPSA) is 61.4 Å². The Balaban J connectivity index is 1.03. The molecule has 7 aromatic carbocycles. The minimum Gasteiger partial charge on any atom is -0.292 e. The van der Waals surface area contributed by atoms with Crippen molar-refractivity contribution in [3.05, 3.63) is 236 Å². The molecule has 12 aromatic rings. The standard InChI is InChI=1S/C62H42N6/c1-5-19-41(20-6-1)45-37-46(42-21-7-2-8-22-42)39-47(38-45)52-29-17-33-58(63-52)67-56-31-15-13-27-48(56)50-35-36-51-49-28-14-16-32-57(49)68(61(51)60(50)67)59-34-18-30-53(64-59)62-65-54(43-23-9-3-10-24-43)40-55(66-62)44-25-11-4-12-26-44/h1-13,15-27,29-40H,14,28H2. The van der Waals surface area contributed by atoms with Crippen LogP contribution in [-0.2, 0) is 6.42 Å². The fourth-order valence-electron chi connectivity index (χ4n) is 10.1. The molecule has 1 aliphatic rings. The first-order chi connectivity index (χ1) is 33.7. The Morgan fingerprint density at radius 2 is 0.853 bits per heavy atom. The van der Waals surface area contributed by atoms with Gasteiger partial charge < -0.3 is 0 Å². The van der Waals surface area contributed by atoms with E-state index in [-0.39, 0.29) is 0 Å². The Morgan fingerprint density at radius 3 is 1.50 bits per heavy atom. The van der Waals surface area contributed by atoms with Crippen molar-refractivity contribution >= 4 is 38.8 Å². The predicted octanol–water partition coefficient (Wildman–Crippen LogP) is 15.3. The van der Waals surface area contributed by atoms with Gasteiger partial charge in [0.05, 0.1) is 39.3 Å². The minimum absolute atomic E-state index is 0.569. The first-order valence-corrected chi connectivity index (χ1v) is 23.2. The number of pyridine rings is 2. The van der Waals surface area contributed by atoms with Gasteiger partial charge in [-0.15, -0.1) is 0 Å². The number of aromatic nitrogens is 6. The fraction of sp³-hybridized carbons (Fsp3) is 0.0323. The summed E-state index contributed by atoms with van der Waals surface area (Å²) in [6, 6.07) is 76.6. The molecule has 0 radical (unpaired) electrons. The lowest BCUT2D eigenvalue weighted by atomic mass is 9.95.